The van der Waals surface area contributed by atoms with Crippen molar-refractivity contribution >= 4 is 17.8 Å². The third-order valence-corrected chi connectivity index (χ3v) is 3.31. The van der Waals surface area contributed by atoms with Crippen molar-refractivity contribution in [2.75, 3.05) is 25.1 Å². The number of benzene rings is 1. The molecule has 0 bridgehead atoms. The van der Waals surface area contributed by atoms with Gasteiger partial charge in [0.1, 0.15) is 5.82 Å². The summed E-state index contributed by atoms with van der Waals surface area (Å²) in [4.78, 5) is 0. The summed E-state index contributed by atoms with van der Waals surface area (Å²) < 4.78 is 12.7. The second-order valence-electron chi connectivity index (χ2n) is 4.51. The van der Waals surface area contributed by atoms with Crippen molar-refractivity contribution in [1.29, 1.82) is 0 Å². The van der Waals surface area contributed by atoms with Crippen molar-refractivity contribution < 1.29 is 9.50 Å². The maximum absolute atomic E-state index is 12.7. The minimum atomic E-state index is -0.677. The lowest BCUT2D eigenvalue weighted by Gasteiger charge is -2.22. The SMILES string of the molecule is CSCC(C)(O)CNC/C=C/c1ccc(F)cc1. The lowest BCUT2D eigenvalue weighted by Crippen LogP contribution is -2.40. The van der Waals surface area contributed by atoms with Gasteiger partial charge in [0.05, 0.1) is 5.60 Å². The minimum Gasteiger partial charge on any atom is -0.388 e. The van der Waals surface area contributed by atoms with Crippen LogP contribution in [0.5, 0.6) is 0 Å². The Kier molecular flexibility index (Phi) is 6.39. The number of thioether (sulfide) groups is 1. The lowest BCUT2D eigenvalue weighted by molar-refractivity contribution is 0.0861. The molecule has 0 spiro atoms. The summed E-state index contributed by atoms with van der Waals surface area (Å²) in [5.41, 5.74) is 0.289. The number of hydrogen-bond acceptors (Lipinski definition) is 3. The summed E-state index contributed by atoms with van der Waals surface area (Å²) >= 11 is 1.63. The fourth-order valence-corrected chi connectivity index (χ4v) is 2.28. The van der Waals surface area contributed by atoms with E-state index in [-0.39, 0.29) is 5.82 Å². The maximum atomic E-state index is 12.7. The molecular formula is C14H20FNOS. The normalized spacial score (nSPS) is 14.9. The quantitative estimate of drug-likeness (QED) is 0.746. The molecule has 1 rings (SSSR count). The summed E-state index contributed by atoms with van der Waals surface area (Å²) in [5.74, 6) is 0.486. The van der Waals surface area contributed by atoms with Gasteiger partial charge in [-0.2, -0.15) is 11.8 Å². The largest absolute Gasteiger partial charge is 0.388 e. The summed E-state index contributed by atoms with van der Waals surface area (Å²) in [7, 11) is 0. The van der Waals surface area contributed by atoms with Gasteiger partial charge in [-0.25, -0.2) is 4.39 Å². The lowest BCUT2D eigenvalue weighted by atomic mass is 10.1. The number of aliphatic hydroxyl groups is 1. The number of halogens is 1. The van der Waals surface area contributed by atoms with Gasteiger partial charge in [0.2, 0.25) is 0 Å². The molecule has 0 saturated carbocycles. The van der Waals surface area contributed by atoms with Crippen molar-refractivity contribution in [2.24, 2.45) is 0 Å². The fourth-order valence-electron chi connectivity index (χ4n) is 1.56. The Bertz CT molecular complexity index is 376. The number of nitrogens with one attached hydrogen (secondary N) is 1. The van der Waals surface area contributed by atoms with Crippen LogP contribution in [-0.2, 0) is 0 Å². The molecule has 0 aromatic heterocycles. The van der Waals surface area contributed by atoms with Crippen LogP contribution in [0.3, 0.4) is 0 Å². The van der Waals surface area contributed by atoms with Gasteiger partial charge in [0, 0.05) is 18.8 Å². The monoisotopic (exact) mass is 269 g/mol. The van der Waals surface area contributed by atoms with Gasteiger partial charge < -0.3 is 10.4 Å². The van der Waals surface area contributed by atoms with Gasteiger partial charge in [0.15, 0.2) is 0 Å². The van der Waals surface area contributed by atoms with Crippen LogP contribution in [0, 0.1) is 5.82 Å². The first-order chi connectivity index (χ1) is 8.53. The summed E-state index contributed by atoms with van der Waals surface area (Å²) in [6.45, 7) is 3.06. The van der Waals surface area contributed by atoms with Gasteiger partial charge >= 0.3 is 0 Å². The molecule has 2 nitrogen and oxygen atoms in total. The molecule has 1 atom stereocenters. The van der Waals surface area contributed by atoms with Gasteiger partial charge in [-0.1, -0.05) is 24.3 Å². The van der Waals surface area contributed by atoms with E-state index in [1.165, 1.54) is 12.1 Å². The van der Waals surface area contributed by atoms with Crippen molar-refractivity contribution in [1.82, 2.24) is 5.32 Å². The maximum Gasteiger partial charge on any atom is 0.123 e. The first-order valence-electron chi connectivity index (χ1n) is 5.88. The summed E-state index contributed by atoms with van der Waals surface area (Å²) in [5, 5.41) is 13.1. The van der Waals surface area contributed by atoms with Gasteiger partial charge in [-0.3, -0.25) is 0 Å². The molecule has 1 unspecified atom stereocenters. The van der Waals surface area contributed by atoms with Crippen LogP contribution in [0.15, 0.2) is 30.3 Å². The number of rotatable bonds is 7. The second-order valence-corrected chi connectivity index (χ2v) is 5.38. The van der Waals surface area contributed by atoms with Crippen molar-refractivity contribution in [3.63, 3.8) is 0 Å². The molecular weight excluding hydrogens is 249 g/mol. The van der Waals surface area contributed by atoms with Crippen LogP contribution in [-0.4, -0.2) is 35.8 Å². The molecule has 1 aromatic rings. The molecule has 100 valence electrons. The Balaban J connectivity index is 2.27. The topological polar surface area (TPSA) is 32.3 Å². The van der Waals surface area contributed by atoms with E-state index in [1.54, 1.807) is 23.9 Å². The molecule has 4 heteroatoms. The highest BCUT2D eigenvalue weighted by Crippen LogP contribution is 2.09. The zero-order chi connectivity index (χ0) is 13.4. The highest BCUT2D eigenvalue weighted by molar-refractivity contribution is 7.98. The molecule has 0 aliphatic heterocycles. The third-order valence-electron chi connectivity index (χ3n) is 2.40. The average molecular weight is 269 g/mol. The van der Waals surface area contributed by atoms with E-state index >= 15 is 0 Å². The Labute approximate surface area is 112 Å². The molecule has 0 aliphatic rings. The average Bonchev–Trinajstić information content (AvgIpc) is 2.31. The Morgan fingerprint density at radius 1 is 1.39 bits per heavy atom. The first kappa shape index (κ1) is 15.2. The standard InChI is InChI=1S/C14H20FNOS/c1-14(17,11-18-2)10-16-9-3-4-12-5-7-13(15)8-6-12/h3-8,16-17H,9-11H2,1-2H3/b4-3+. The second kappa shape index (κ2) is 7.56. The van der Waals surface area contributed by atoms with Crippen LogP contribution in [0.2, 0.25) is 0 Å². The van der Waals surface area contributed by atoms with E-state index in [2.05, 4.69) is 5.32 Å². The number of hydrogen-bond donors (Lipinski definition) is 2. The summed E-state index contributed by atoms with van der Waals surface area (Å²) in [6, 6.07) is 6.35. The first-order valence-corrected chi connectivity index (χ1v) is 7.27. The fraction of sp³-hybridized carbons (Fsp3) is 0.429. The van der Waals surface area contributed by atoms with E-state index in [4.69, 9.17) is 0 Å². The Morgan fingerprint density at radius 2 is 2.06 bits per heavy atom. The molecule has 1 aromatic carbocycles. The molecule has 0 amide bonds. The molecule has 0 fully saturated rings. The smallest absolute Gasteiger partial charge is 0.123 e. The van der Waals surface area contributed by atoms with Crippen LogP contribution < -0.4 is 5.32 Å². The van der Waals surface area contributed by atoms with Gasteiger partial charge in [-0.05, 0) is 30.9 Å². The zero-order valence-corrected chi connectivity index (χ0v) is 11.6. The van der Waals surface area contributed by atoms with E-state index in [9.17, 15) is 9.50 Å². The van der Waals surface area contributed by atoms with Gasteiger partial charge in [0.25, 0.3) is 0 Å². The molecule has 0 radical (unpaired) electrons. The molecule has 0 saturated heterocycles. The molecule has 0 heterocycles. The van der Waals surface area contributed by atoms with Crippen LogP contribution >= 0.6 is 11.8 Å². The Hall–Kier alpha value is -0.840. The predicted molar refractivity (Wildman–Crippen MR) is 77.3 cm³/mol. The van der Waals surface area contributed by atoms with Crippen molar-refractivity contribution in [3.8, 4) is 0 Å². The zero-order valence-electron chi connectivity index (χ0n) is 10.8. The van der Waals surface area contributed by atoms with E-state index in [0.717, 1.165) is 5.56 Å². The van der Waals surface area contributed by atoms with E-state index < -0.39 is 5.60 Å². The van der Waals surface area contributed by atoms with Crippen molar-refractivity contribution in [3.05, 3.63) is 41.7 Å². The third kappa shape index (κ3) is 6.19. The Morgan fingerprint density at radius 3 is 2.67 bits per heavy atom. The van der Waals surface area contributed by atoms with Crippen LogP contribution in [0.4, 0.5) is 4.39 Å². The van der Waals surface area contributed by atoms with Crippen LogP contribution in [0.25, 0.3) is 6.08 Å². The molecule has 0 aliphatic carbocycles. The molecule has 2 N–H and O–H groups in total. The van der Waals surface area contributed by atoms with Crippen LogP contribution in [0.1, 0.15) is 12.5 Å². The highest BCUT2D eigenvalue weighted by atomic mass is 32.2. The van der Waals surface area contributed by atoms with E-state index in [0.29, 0.717) is 18.8 Å². The van der Waals surface area contributed by atoms with Crippen molar-refractivity contribution in [2.45, 2.75) is 12.5 Å². The summed E-state index contributed by atoms with van der Waals surface area (Å²) in [6.07, 6.45) is 5.86. The highest BCUT2D eigenvalue weighted by Gasteiger charge is 2.17. The van der Waals surface area contributed by atoms with E-state index in [1.807, 2.05) is 25.3 Å². The minimum absolute atomic E-state index is 0.224. The van der Waals surface area contributed by atoms with Gasteiger partial charge in [-0.15, -0.1) is 0 Å². The molecule has 18 heavy (non-hydrogen) atoms. The predicted octanol–water partition coefficient (Wildman–Crippen LogP) is 2.54.